The number of piperidine rings is 2. The molecular formula is C18H21Cl2N3O5. The van der Waals surface area contributed by atoms with Crippen LogP contribution in [0.2, 0.25) is 10.0 Å². The highest BCUT2D eigenvalue weighted by Gasteiger charge is 2.35. The van der Waals surface area contributed by atoms with Gasteiger partial charge < -0.3 is 20.4 Å². The number of hydrogen-bond acceptors (Lipinski definition) is 6. The number of aliphatic carboxylic acids is 1. The second kappa shape index (κ2) is 8.14. The summed E-state index contributed by atoms with van der Waals surface area (Å²) in [6, 6.07) is 2.74. The molecule has 2 saturated heterocycles. The summed E-state index contributed by atoms with van der Waals surface area (Å²) in [5.41, 5.74) is -0.0477. The van der Waals surface area contributed by atoms with Gasteiger partial charge in [-0.15, -0.1) is 0 Å². The molecule has 4 N–H and O–H groups in total. The molecule has 28 heavy (non-hydrogen) atoms. The number of aliphatic hydroxyl groups is 1. The minimum absolute atomic E-state index is 0.250. The highest BCUT2D eigenvalue weighted by Crippen LogP contribution is 2.38. The SMILES string of the molecule is O=C(O)CC1(O)CCN(c2cc(Cl)c(NC3CCC(=O)NC3=O)cc2Cl)CC1. The monoisotopic (exact) mass is 429 g/mol. The number of halogens is 2. The first-order valence-electron chi connectivity index (χ1n) is 8.95. The van der Waals surface area contributed by atoms with Gasteiger partial charge in [-0.2, -0.15) is 0 Å². The van der Waals surface area contributed by atoms with Gasteiger partial charge in [0.15, 0.2) is 0 Å². The number of carboxylic acids is 1. The fraction of sp³-hybridized carbons (Fsp3) is 0.500. The van der Waals surface area contributed by atoms with Gasteiger partial charge in [-0.1, -0.05) is 23.2 Å². The van der Waals surface area contributed by atoms with E-state index in [9.17, 15) is 19.5 Å². The average Bonchev–Trinajstić information content (AvgIpc) is 2.60. The van der Waals surface area contributed by atoms with E-state index in [4.69, 9.17) is 28.3 Å². The smallest absolute Gasteiger partial charge is 0.306 e. The number of nitrogens with zero attached hydrogens (tertiary/aromatic N) is 1. The van der Waals surface area contributed by atoms with Gasteiger partial charge in [0.05, 0.1) is 33.4 Å². The number of benzene rings is 1. The summed E-state index contributed by atoms with van der Waals surface area (Å²) in [7, 11) is 0. The molecular weight excluding hydrogens is 409 g/mol. The van der Waals surface area contributed by atoms with Crippen molar-refractivity contribution in [2.24, 2.45) is 0 Å². The van der Waals surface area contributed by atoms with Crippen molar-refractivity contribution in [2.75, 3.05) is 23.3 Å². The lowest BCUT2D eigenvalue weighted by atomic mass is 9.88. The van der Waals surface area contributed by atoms with Crippen molar-refractivity contribution in [3.8, 4) is 0 Å². The summed E-state index contributed by atoms with van der Waals surface area (Å²) in [6.45, 7) is 0.888. The molecule has 0 radical (unpaired) electrons. The lowest BCUT2D eigenvalue weighted by Crippen LogP contribution is -2.47. The highest BCUT2D eigenvalue weighted by molar-refractivity contribution is 6.37. The van der Waals surface area contributed by atoms with Crippen LogP contribution >= 0.6 is 23.2 Å². The van der Waals surface area contributed by atoms with Gasteiger partial charge in [0.1, 0.15) is 6.04 Å². The van der Waals surface area contributed by atoms with Crippen molar-refractivity contribution >= 4 is 52.4 Å². The Bertz CT molecular complexity index is 809. The van der Waals surface area contributed by atoms with E-state index in [1.807, 2.05) is 4.90 Å². The van der Waals surface area contributed by atoms with E-state index in [0.717, 1.165) is 0 Å². The van der Waals surface area contributed by atoms with Gasteiger partial charge in [0, 0.05) is 19.5 Å². The molecule has 0 aromatic heterocycles. The van der Waals surface area contributed by atoms with Crippen LogP contribution in [0.15, 0.2) is 12.1 Å². The van der Waals surface area contributed by atoms with E-state index in [0.29, 0.717) is 53.8 Å². The Morgan fingerprint density at radius 2 is 1.93 bits per heavy atom. The Labute approximate surface area is 171 Å². The third kappa shape index (κ3) is 4.68. The zero-order valence-electron chi connectivity index (χ0n) is 15.0. The van der Waals surface area contributed by atoms with Crippen molar-refractivity contribution in [1.29, 1.82) is 0 Å². The Balaban J connectivity index is 1.70. The third-order valence-corrected chi connectivity index (χ3v) is 5.74. The molecule has 3 rings (SSSR count). The first-order chi connectivity index (χ1) is 13.2. The first kappa shape index (κ1) is 20.7. The molecule has 10 heteroatoms. The van der Waals surface area contributed by atoms with Crippen LogP contribution in [0.4, 0.5) is 11.4 Å². The van der Waals surface area contributed by atoms with Crippen molar-refractivity contribution in [3.05, 3.63) is 22.2 Å². The van der Waals surface area contributed by atoms with Crippen LogP contribution in [0.5, 0.6) is 0 Å². The van der Waals surface area contributed by atoms with Crippen molar-refractivity contribution in [3.63, 3.8) is 0 Å². The quantitative estimate of drug-likeness (QED) is 0.528. The number of hydrogen-bond donors (Lipinski definition) is 4. The summed E-state index contributed by atoms with van der Waals surface area (Å²) in [6.07, 6.45) is 0.950. The number of carboxylic acid groups (broad SMARTS) is 1. The Kier molecular flexibility index (Phi) is 6.02. The third-order valence-electron chi connectivity index (χ3n) is 5.12. The van der Waals surface area contributed by atoms with Crippen molar-refractivity contribution in [2.45, 2.75) is 43.7 Å². The van der Waals surface area contributed by atoms with Gasteiger partial charge in [-0.05, 0) is 31.4 Å². The summed E-state index contributed by atoms with van der Waals surface area (Å²) >= 11 is 12.8. The summed E-state index contributed by atoms with van der Waals surface area (Å²) in [5.74, 6) is -1.72. The molecule has 2 aliphatic rings. The van der Waals surface area contributed by atoms with Crippen LogP contribution in [-0.4, -0.2) is 52.7 Å². The van der Waals surface area contributed by atoms with Gasteiger partial charge in [-0.3, -0.25) is 19.7 Å². The van der Waals surface area contributed by atoms with Gasteiger partial charge in [0.25, 0.3) is 0 Å². The number of amides is 2. The van der Waals surface area contributed by atoms with Gasteiger partial charge >= 0.3 is 5.97 Å². The van der Waals surface area contributed by atoms with E-state index in [1.165, 1.54) is 0 Å². The van der Waals surface area contributed by atoms with E-state index in [-0.39, 0.29) is 18.7 Å². The number of carbonyl (C=O) groups is 3. The lowest BCUT2D eigenvalue weighted by Gasteiger charge is -2.39. The Morgan fingerprint density at radius 1 is 1.25 bits per heavy atom. The van der Waals surface area contributed by atoms with Crippen LogP contribution in [0.3, 0.4) is 0 Å². The molecule has 1 unspecified atom stereocenters. The Morgan fingerprint density at radius 3 is 2.54 bits per heavy atom. The molecule has 2 amide bonds. The number of anilines is 2. The second-order valence-corrected chi connectivity index (χ2v) is 8.03. The molecule has 2 heterocycles. The standard InChI is InChI=1S/C18H21Cl2N3O5/c19-10-8-14(23-5-3-18(28,4-6-23)9-16(25)26)11(20)7-13(10)21-12-1-2-15(24)22-17(12)27/h7-8,12,21,28H,1-6,9H2,(H,25,26)(H,22,24,27). The minimum atomic E-state index is -1.22. The predicted molar refractivity (Wildman–Crippen MR) is 105 cm³/mol. The molecule has 0 bridgehead atoms. The normalized spacial score (nSPS) is 22.0. The van der Waals surface area contributed by atoms with E-state index < -0.39 is 23.5 Å². The minimum Gasteiger partial charge on any atom is -0.481 e. The van der Waals surface area contributed by atoms with E-state index >= 15 is 0 Å². The largest absolute Gasteiger partial charge is 0.481 e. The first-order valence-corrected chi connectivity index (χ1v) is 9.71. The number of rotatable bonds is 5. The van der Waals surface area contributed by atoms with Crippen LogP contribution in [0.25, 0.3) is 0 Å². The fourth-order valence-electron chi connectivity index (χ4n) is 3.53. The molecule has 1 atom stereocenters. The zero-order valence-corrected chi connectivity index (χ0v) is 16.5. The summed E-state index contributed by atoms with van der Waals surface area (Å²) < 4.78 is 0. The van der Waals surface area contributed by atoms with Crippen molar-refractivity contribution < 1.29 is 24.6 Å². The van der Waals surface area contributed by atoms with E-state index in [2.05, 4.69) is 10.6 Å². The molecule has 0 spiro atoms. The highest BCUT2D eigenvalue weighted by atomic mass is 35.5. The van der Waals surface area contributed by atoms with E-state index in [1.54, 1.807) is 12.1 Å². The summed E-state index contributed by atoms with van der Waals surface area (Å²) in [4.78, 5) is 36.0. The average molecular weight is 430 g/mol. The number of imide groups is 1. The van der Waals surface area contributed by atoms with Crippen LogP contribution in [0.1, 0.15) is 32.1 Å². The maximum atomic E-state index is 11.9. The summed E-state index contributed by atoms with van der Waals surface area (Å²) in [5, 5.41) is 25.4. The molecule has 2 aliphatic heterocycles. The van der Waals surface area contributed by atoms with Crippen LogP contribution < -0.4 is 15.5 Å². The van der Waals surface area contributed by atoms with Crippen molar-refractivity contribution in [1.82, 2.24) is 5.32 Å². The van der Waals surface area contributed by atoms with Crippen LogP contribution in [-0.2, 0) is 14.4 Å². The number of nitrogens with one attached hydrogen (secondary N) is 2. The number of carbonyl (C=O) groups excluding carboxylic acids is 2. The lowest BCUT2D eigenvalue weighted by molar-refractivity contribution is -0.143. The second-order valence-electron chi connectivity index (χ2n) is 7.21. The fourth-order valence-corrected chi connectivity index (χ4v) is 4.03. The molecule has 0 aliphatic carbocycles. The zero-order chi connectivity index (χ0) is 20.5. The predicted octanol–water partition coefficient (Wildman–Crippen LogP) is 2.02. The molecule has 152 valence electrons. The maximum absolute atomic E-state index is 11.9. The Hall–Kier alpha value is -2.03. The van der Waals surface area contributed by atoms with Gasteiger partial charge in [0.2, 0.25) is 11.8 Å². The molecule has 0 saturated carbocycles. The molecule has 1 aromatic carbocycles. The molecule has 1 aromatic rings. The topological polar surface area (TPSA) is 119 Å². The van der Waals surface area contributed by atoms with Crippen LogP contribution in [0, 0.1) is 0 Å². The van der Waals surface area contributed by atoms with Gasteiger partial charge in [-0.25, -0.2) is 0 Å². The maximum Gasteiger partial charge on any atom is 0.306 e. The molecule has 8 nitrogen and oxygen atoms in total. The molecule has 2 fully saturated rings.